The number of Topliss-reactive ketones (excluding diaryl/α,β-unsaturated/α-hetero) is 1. The van der Waals surface area contributed by atoms with Crippen LogP contribution in [-0.4, -0.2) is 25.1 Å². The van der Waals surface area contributed by atoms with Crippen molar-refractivity contribution in [3.63, 3.8) is 0 Å². The Morgan fingerprint density at radius 1 is 1.53 bits per heavy atom. The highest BCUT2D eigenvalue weighted by atomic mass is 79.9. The van der Waals surface area contributed by atoms with Crippen molar-refractivity contribution in [1.82, 2.24) is 0 Å². The lowest BCUT2D eigenvalue weighted by molar-refractivity contribution is -0.138. The van der Waals surface area contributed by atoms with Gasteiger partial charge in [0.05, 0.1) is 6.61 Å². The quantitative estimate of drug-likeness (QED) is 0.832. The van der Waals surface area contributed by atoms with Crippen molar-refractivity contribution in [3.05, 3.63) is 27.7 Å². The van der Waals surface area contributed by atoms with Crippen molar-refractivity contribution in [2.75, 3.05) is 13.7 Å². The zero-order valence-corrected chi connectivity index (χ0v) is 13.2. The molecule has 0 bridgehead atoms. The molecule has 1 aromatic rings. The molecule has 0 saturated heterocycles. The molecule has 0 amide bonds. The number of benzene rings is 1. The molecule has 0 aromatic heterocycles. The lowest BCUT2D eigenvalue weighted by Gasteiger charge is -2.25. The number of ketones is 1. The second kappa shape index (κ2) is 5.63. The zero-order chi connectivity index (χ0) is 14.0. The van der Waals surface area contributed by atoms with Crippen LogP contribution in [0, 0.1) is 0 Å². The topological polar surface area (TPSA) is 35.5 Å². The summed E-state index contributed by atoms with van der Waals surface area (Å²) in [6.07, 6.45) is 1.92. The molecule has 104 valence electrons. The molecule has 0 radical (unpaired) electrons. The fourth-order valence-electron chi connectivity index (χ4n) is 2.29. The molecule has 0 aliphatic carbocycles. The van der Waals surface area contributed by atoms with E-state index in [9.17, 15) is 4.79 Å². The molecule has 0 saturated carbocycles. The van der Waals surface area contributed by atoms with Gasteiger partial charge in [0, 0.05) is 30.0 Å². The van der Waals surface area contributed by atoms with E-state index in [0.717, 1.165) is 22.2 Å². The maximum Gasteiger partial charge on any atom is 0.168 e. The summed E-state index contributed by atoms with van der Waals surface area (Å²) in [7, 11) is 1.59. The van der Waals surface area contributed by atoms with Crippen LogP contribution in [0.4, 0.5) is 0 Å². The van der Waals surface area contributed by atoms with E-state index in [2.05, 4.69) is 22.0 Å². The summed E-state index contributed by atoms with van der Waals surface area (Å²) in [6.45, 7) is 4.50. The Morgan fingerprint density at radius 2 is 2.26 bits per heavy atom. The largest absolute Gasteiger partial charge is 0.493 e. The van der Waals surface area contributed by atoms with Crippen LogP contribution < -0.4 is 4.74 Å². The molecule has 0 fully saturated rings. The molecule has 1 heterocycles. The number of carbonyl (C=O) groups excluding carboxylic acids is 1. The van der Waals surface area contributed by atoms with Gasteiger partial charge >= 0.3 is 0 Å². The molecule has 2 rings (SSSR count). The van der Waals surface area contributed by atoms with Gasteiger partial charge in [-0.15, -0.1) is 0 Å². The highest BCUT2D eigenvalue weighted by Crippen LogP contribution is 2.34. The number of fused-ring (bicyclic) bond motifs is 1. The minimum atomic E-state index is -0.714. The van der Waals surface area contributed by atoms with Gasteiger partial charge in [0.15, 0.2) is 5.78 Å². The average molecular weight is 327 g/mol. The molecular weight excluding hydrogens is 308 g/mol. The molecular formula is C15H19BrO3. The Morgan fingerprint density at radius 3 is 2.89 bits per heavy atom. The second-order valence-corrected chi connectivity index (χ2v) is 5.96. The van der Waals surface area contributed by atoms with Crippen LogP contribution >= 0.6 is 15.9 Å². The first kappa shape index (κ1) is 14.5. The van der Waals surface area contributed by atoms with E-state index in [1.165, 1.54) is 5.56 Å². The van der Waals surface area contributed by atoms with Gasteiger partial charge in [-0.3, -0.25) is 4.79 Å². The standard InChI is InChI=1S/C15H19BrO3/c1-4-15(2,18-3)13(17)9-11-8-12(16)7-10-5-6-19-14(10)11/h7-8H,4-6,9H2,1-3H3. The number of halogens is 1. The Labute approximate surface area is 122 Å². The maximum absolute atomic E-state index is 12.4. The number of rotatable bonds is 5. The first-order valence-electron chi connectivity index (χ1n) is 6.52. The van der Waals surface area contributed by atoms with Crippen molar-refractivity contribution >= 4 is 21.7 Å². The van der Waals surface area contributed by atoms with Gasteiger partial charge in [0.2, 0.25) is 0 Å². The van der Waals surface area contributed by atoms with E-state index in [4.69, 9.17) is 9.47 Å². The lowest BCUT2D eigenvalue weighted by Crippen LogP contribution is -2.37. The van der Waals surface area contributed by atoms with E-state index in [1.807, 2.05) is 19.9 Å². The summed E-state index contributed by atoms with van der Waals surface area (Å²) >= 11 is 3.49. The summed E-state index contributed by atoms with van der Waals surface area (Å²) in [6, 6.07) is 4.03. The molecule has 3 nitrogen and oxygen atoms in total. The monoisotopic (exact) mass is 326 g/mol. The third kappa shape index (κ3) is 2.84. The minimum absolute atomic E-state index is 0.0910. The first-order chi connectivity index (χ1) is 9.00. The van der Waals surface area contributed by atoms with Crippen molar-refractivity contribution in [2.45, 2.75) is 38.7 Å². The normalized spacial score (nSPS) is 16.6. The van der Waals surface area contributed by atoms with Gasteiger partial charge in [0.25, 0.3) is 0 Å². The fourth-order valence-corrected chi connectivity index (χ4v) is 2.85. The van der Waals surface area contributed by atoms with Crippen LogP contribution in [0.25, 0.3) is 0 Å². The molecule has 1 aliphatic heterocycles. The third-order valence-corrected chi connectivity index (χ3v) is 4.35. The van der Waals surface area contributed by atoms with Gasteiger partial charge in [-0.25, -0.2) is 0 Å². The van der Waals surface area contributed by atoms with E-state index in [1.54, 1.807) is 7.11 Å². The SMILES string of the molecule is CCC(C)(OC)C(=O)Cc1cc(Br)cc2c1OCC2. The smallest absolute Gasteiger partial charge is 0.168 e. The van der Waals surface area contributed by atoms with Gasteiger partial charge < -0.3 is 9.47 Å². The molecule has 1 atom stereocenters. The summed E-state index contributed by atoms with van der Waals surface area (Å²) < 4.78 is 12.0. The number of ether oxygens (including phenoxy) is 2. The molecule has 0 spiro atoms. The number of hydrogen-bond donors (Lipinski definition) is 0. The summed E-state index contributed by atoms with van der Waals surface area (Å²) in [5, 5.41) is 0. The Hall–Kier alpha value is -0.870. The van der Waals surface area contributed by atoms with Crippen LogP contribution in [-0.2, 0) is 22.4 Å². The highest BCUT2D eigenvalue weighted by Gasteiger charge is 2.32. The summed E-state index contributed by atoms with van der Waals surface area (Å²) in [4.78, 5) is 12.4. The van der Waals surface area contributed by atoms with Crippen molar-refractivity contribution in [2.24, 2.45) is 0 Å². The van der Waals surface area contributed by atoms with Gasteiger partial charge in [-0.1, -0.05) is 22.9 Å². The fraction of sp³-hybridized carbons (Fsp3) is 0.533. The molecule has 19 heavy (non-hydrogen) atoms. The predicted octanol–water partition coefficient (Wildman–Crippen LogP) is 3.31. The van der Waals surface area contributed by atoms with Gasteiger partial charge in [-0.2, -0.15) is 0 Å². The average Bonchev–Trinajstić information content (AvgIpc) is 2.85. The van der Waals surface area contributed by atoms with Crippen molar-refractivity contribution in [3.8, 4) is 5.75 Å². The van der Waals surface area contributed by atoms with Crippen LogP contribution in [0.15, 0.2) is 16.6 Å². The lowest BCUT2D eigenvalue weighted by atomic mass is 9.91. The van der Waals surface area contributed by atoms with Gasteiger partial charge in [-0.05, 0) is 31.0 Å². The van der Waals surface area contributed by atoms with Crippen molar-refractivity contribution < 1.29 is 14.3 Å². The molecule has 1 unspecified atom stereocenters. The Balaban J connectivity index is 2.27. The van der Waals surface area contributed by atoms with Crippen LogP contribution in [0.2, 0.25) is 0 Å². The van der Waals surface area contributed by atoms with Gasteiger partial charge in [0.1, 0.15) is 11.4 Å². The minimum Gasteiger partial charge on any atom is -0.493 e. The zero-order valence-electron chi connectivity index (χ0n) is 11.6. The Bertz CT molecular complexity index is 492. The number of methoxy groups -OCH3 is 1. The van der Waals surface area contributed by atoms with E-state index >= 15 is 0 Å². The summed E-state index contributed by atoms with van der Waals surface area (Å²) in [5.74, 6) is 0.972. The first-order valence-corrected chi connectivity index (χ1v) is 7.32. The van der Waals surface area contributed by atoms with E-state index in [0.29, 0.717) is 19.4 Å². The highest BCUT2D eigenvalue weighted by molar-refractivity contribution is 9.10. The third-order valence-electron chi connectivity index (χ3n) is 3.89. The van der Waals surface area contributed by atoms with E-state index in [-0.39, 0.29) is 5.78 Å². The van der Waals surface area contributed by atoms with Crippen molar-refractivity contribution in [1.29, 1.82) is 0 Å². The maximum atomic E-state index is 12.4. The number of hydrogen-bond acceptors (Lipinski definition) is 3. The van der Waals surface area contributed by atoms with Crippen LogP contribution in [0.3, 0.4) is 0 Å². The molecule has 4 heteroatoms. The second-order valence-electron chi connectivity index (χ2n) is 5.04. The van der Waals surface area contributed by atoms with Crippen LogP contribution in [0.5, 0.6) is 5.75 Å². The number of carbonyl (C=O) groups is 1. The van der Waals surface area contributed by atoms with Crippen LogP contribution in [0.1, 0.15) is 31.4 Å². The van der Waals surface area contributed by atoms with E-state index < -0.39 is 5.60 Å². The Kier molecular flexibility index (Phi) is 4.31. The molecule has 0 N–H and O–H groups in total. The molecule has 1 aliphatic rings. The summed E-state index contributed by atoms with van der Waals surface area (Å²) in [5.41, 5.74) is 1.41. The molecule has 1 aromatic carbocycles. The predicted molar refractivity (Wildman–Crippen MR) is 77.8 cm³/mol.